The molecule has 0 saturated carbocycles. The van der Waals surface area contributed by atoms with Crippen LogP contribution in [0.25, 0.3) is 21.9 Å². The SMILES string of the molecule is O=C(Cn1c(-c2nc(Br)cs2)nc2ccccc21)Nc1ccc(Cl)cc1. The highest BCUT2D eigenvalue weighted by atomic mass is 79.9. The van der Waals surface area contributed by atoms with Gasteiger partial charge in [0.05, 0.1) is 11.0 Å². The smallest absolute Gasteiger partial charge is 0.244 e. The van der Waals surface area contributed by atoms with E-state index < -0.39 is 0 Å². The molecular formula is C18H12BrClN4OS. The molecule has 0 radical (unpaired) electrons. The molecule has 130 valence electrons. The Balaban J connectivity index is 1.68. The fourth-order valence-corrected chi connectivity index (χ4v) is 4.01. The molecule has 1 N–H and O–H groups in total. The number of nitrogens with zero attached hydrogens (tertiary/aromatic N) is 3. The zero-order chi connectivity index (χ0) is 18.1. The second-order valence-corrected chi connectivity index (χ2v) is 7.65. The van der Waals surface area contributed by atoms with Crippen LogP contribution in [0.5, 0.6) is 0 Å². The minimum Gasteiger partial charge on any atom is -0.325 e. The van der Waals surface area contributed by atoms with Crippen molar-refractivity contribution < 1.29 is 4.79 Å². The van der Waals surface area contributed by atoms with Crippen LogP contribution >= 0.6 is 38.9 Å². The van der Waals surface area contributed by atoms with E-state index in [1.807, 2.05) is 34.2 Å². The predicted molar refractivity (Wildman–Crippen MR) is 109 cm³/mol. The van der Waals surface area contributed by atoms with Crippen molar-refractivity contribution in [2.45, 2.75) is 6.54 Å². The monoisotopic (exact) mass is 446 g/mol. The molecule has 0 spiro atoms. The van der Waals surface area contributed by atoms with Gasteiger partial charge in [0.1, 0.15) is 11.1 Å². The third-order valence-corrected chi connectivity index (χ3v) is 5.55. The lowest BCUT2D eigenvalue weighted by molar-refractivity contribution is -0.116. The number of nitrogens with one attached hydrogen (secondary N) is 1. The summed E-state index contributed by atoms with van der Waals surface area (Å²) in [4.78, 5) is 21.7. The Morgan fingerprint density at radius 3 is 2.65 bits per heavy atom. The van der Waals surface area contributed by atoms with Crippen molar-refractivity contribution >= 4 is 61.5 Å². The van der Waals surface area contributed by atoms with E-state index in [2.05, 4.69) is 31.2 Å². The van der Waals surface area contributed by atoms with Crippen LogP contribution in [0, 0.1) is 0 Å². The number of hydrogen-bond acceptors (Lipinski definition) is 4. The molecule has 0 bridgehead atoms. The Labute approximate surface area is 166 Å². The largest absolute Gasteiger partial charge is 0.325 e. The molecular weight excluding hydrogens is 436 g/mol. The van der Waals surface area contributed by atoms with Gasteiger partial charge in [-0.15, -0.1) is 11.3 Å². The number of fused-ring (bicyclic) bond motifs is 1. The van der Waals surface area contributed by atoms with Crippen LogP contribution in [-0.4, -0.2) is 20.4 Å². The zero-order valence-electron chi connectivity index (χ0n) is 13.3. The van der Waals surface area contributed by atoms with Crippen molar-refractivity contribution in [1.82, 2.24) is 14.5 Å². The molecule has 26 heavy (non-hydrogen) atoms. The number of para-hydroxylation sites is 2. The molecule has 8 heteroatoms. The lowest BCUT2D eigenvalue weighted by Crippen LogP contribution is -2.19. The van der Waals surface area contributed by atoms with Crippen LogP contribution < -0.4 is 5.32 Å². The van der Waals surface area contributed by atoms with Crippen molar-refractivity contribution in [2.24, 2.45) is 0 Å². The Morgan fingerprint density at radius 1 is 1.15 bits per heavy atom. The molecule has 2 aromatic carbocycles. The Morgan fingerprint density at radius 2 is 1.92 bits per heavy atom. The average Bonchev–Trinajstić information content (AvgIpc) is 3.21. The molecule has 4 aromatic rings. The summed E-state index contributed by atoms with van der Waals surface area (Å²) < 4.78 is 2.63. The van der Waals surface area contributed by atoms with Crippen LogP contribution in [0.1, 0.15) is 0 Å². The number of imidazole rings is 1. The Hall–Kier alpha value is -2.22. The van der Waals surface area contributed by atoms with Crippen molar-refractivity contribution in [3.63, 3.8) is 0 Å². The molecule has 2 aromatic heterocycles. The summed E-state index contributed by atoms with van der Waals surface area (Å²) in [5.74, 6) is 0.528. The number of thiazole rings is 1. The number of carbonyl (C=O) groups excluding carboxylic acids is 1. The number of rotatable bonds is 4. The average molecular weight is 448 g/mol. The summed E-state index contributed by atoms with van der Waals surface area (Å²) in [7, 11) is 0. The Bertz CT molecular complexity index is 1090. The summed E-state index contributed by atoms with van der Waals surface area (Å²) in [5, 5.41) is 6.16. The second-order valence-electron chi connectivity index (χ2n) is 5.54. The first-order valence-corrected chi connectivity index (χ1v) is 9.77. The maximum absolute atomic E-state index is 12.6. The molecule has 0 aliphatic heterocycles. The van der Waals surface area contributed by atoms with Crippen LogP contribution in [-0.2, 0) is 11.3 Å². The molecule has 0 fully saturated rings. The van der Waals surface area contributed by atoms with E-state index >= 15 is 0 Å². The molecule has 0 aliphatic carbocycles. The van der Waals surface area contributed by atoms with Crippen molar-refractivity contribution in [3.8, 4) is 10.8 Å². The number of carbonyl (C=O) groups is 1. The van der Waals surface area contributed by atoms with Gasteiger partial charge in [-0.3, -0.25) is 4.79 Å². The van der Waals surface area contributed by atoms with Crippen molar-refractivity contribution in [2.75, 3.05) is 5.32 Å². The van der Waals surface area contributed by atoms with Gasteiger partial charge >= 0.3 is 0 Å². The number of anilines is 1. The highest BCUT2D eigenvalue weighted by molar-refractivity contribution is 9.10. The van der Waals surface area contributed by atoms with E-state index in [0.29, 0.717) is 16.5 Å². The summed E-state index contributed by atoms with van der Waals surface area (Å²) >= 11 is 10.7. The molecule has 0 atom stereocenters. The van der Waals surface area contributed by atoms with Crippen LogP contribution in [0.4, 0.5) is 5.69 Å². The first-order chi connectivity index (χ1) is 12.6. The predicted octanol–water partition coefficient (Wildman–Crippen LogP) is 5.21. The van der Waals surface area contributed by atoms with Gasteiger partial charge in [0, 0.05) is 16.1 Å². The quantitative estimate of drug-likeness (QED) is 0.467. The first kappa shape index (κ1) is 17.2. The fourth-order valence-electron chi connectivity index (χ4n) is 2.63. The summed E-state index contributed by atoms with van der Waals surface area (Å²) in [6, 6.07) is 14.7. The van der Waals surface area contributed by atoms with Gasteiger partial charge in [-0.25, -0.2) is 9.97 Å². The van der Waals surface area contributed by atoms with E-state index in [9.17, 15) is 4.79 Å². The molecule has 5 nitrogen and oxygen atoms in total. The highest BCUT2D eigenvalue weighted by Crippen LogP contribution is 2.29. The minimum absolute atomic E-state index is 0.135. The van der Waals surface area contributed by atoms with E-state index in [1.54, 1.807) is 24.3 Å². The van der Waals surface area contributed by atoms with Gasteiger partial charge in [-0.2, -0.15) is 0 Å². The summed E-state index contributed by atoms with van der Waals surface area (Å²) in [6.07, 6.45) is 0. The maximum atomic E-state index is 12.6. The normalized spacial score (nSPS) is 11.0. The maximum Gasteiger partial charge on any atom is 0.244 e. The van der Waals surface area contributed by atoms with Crippen molar-refractivity contribution in [1.29, 1.82) is 0 Å². The third kappa shape index (κ3) is 3.51. The number of aromatic nitrogens is 3. The molecule has 0 saturated heterocycles. The van der Waals surface area contributed by atoms with E-state index in [4.69, 9.17) is 11.6 Å². The number of benzene rings is 2. The summed E-state index contributed by atoms with van der Waals surface area (Å²) in [5.41, 5.74) is 2.41. The zero-order valence-corrected chi connectivity index (χ0v) is 16.5. The summed E-state index contributed by atoms with van der Waals surface area (Å²) in [6.45, 7) is 0.135. The van der Waals surface area contributed by atoms with E-state index in [1.165, 1.54) is 11.3 Å². The van der Waals surface area contributed by atoms with Gasteiger partial charge in [0.15, 0.2) is 10.8 Å². The number of halogens is 2. The molecule has 0 unspecified atom stereocenters. The molecule has 1 amide bonds. The van der Waals surface area contributed by atoms with Crippen LogP contribution in [0.3, 0.4) is 0 Å². The van der Waals surface area contributed by atoms with Gasteiger partial charge in [-0.1, -0.05) is 23.7 Å². The second kappa shape index (κ2) is 7.19. The first-order valence-electron chi connectivity index (χ1n) is 7.72. The Kier molecular flexibility index (Phi) is 4.76. The van der Waals surface area contributed by atoms with E-state index in [-0.39, 0.29) is 12.5 Å². The third-order valence-electron chi connectivity index (χ3n) is 3.75. The lowest BCUT2D eigenvalue weighted by Gasteiger charge is -2.09. The van der Waals surface area contributed by atoms with Gasteiger partial charge in [0.2, 0.25) is 5.91 Å². The molecule has 2 heterocycles. The highest BCUT2D eigenvalue weighted by Gasteiger charge is 2.17. The standard InChI is InChI=1S/C18H12BrClN4OS/c19-15-10-26-18(23-15)17-22-13-3-1-2-4-14(13)24(17)9-16(25)21-12-7-5-11(20)6-8-12/h1-8,10H,9H2,(H,21,25). The fraction of sp³-hybridized carbons (Fsp3) is 0.0556. The molecule has 0 aliphatic rings. The van der Waals surface area contributed by atoms with E-state index in [0.717, 1.165) is 20.6 Å². The van der Waals surface area contributed by atoms with Gasteiger partial charge < -0.3 is 9.88 Å². The van der Waals surface area contributed by atoms with Gasteiger partial charge in [0.25, 0.3) is 0 Å². The number of amides is 1. The van der Waals surface area contributed by atoms with Crippen LogP contribution in [0.15, 0.2) is 58.5 Å². The van der Waals surface area contributed by atoms with Gasteiger partial charge in [-0.05, 0) is 52.3 Å². The van der Waals surface area contributed by atoms with Crippen molar-refractivity contribution in [3.05, 3.63) is 63.5 Å². The minimum atomic E-state index is -0.146. The number of hydrogen-bond donors (Lipinski definition) is 1. The topological polar surface area (TPSA) is 59.8 Å². The molecule has 4 rings (SSSR count). The van der Waals surface area contributed by atoms with Crippen LogP contribution in [0.2, 0.25) is 5.02 Å². The lowest BCUT2D eigenvalue weighted by atomic mass is 10.3.